The summed E-state index contributed by atoms with van der Waals surface area (Å²) in [6.45, 7) is 0. The van der Waals surface area contributed by atoms with Crippen LogP contribution in [0, 0.1) is 0 Å². The molecule has 1 heterocycles. The van der Waals surface area contributed by atoms with Crippen molar-refractivity contribution >= 4 is 63.2 Å². The summed E-state index contributed by atoms with van der Waals surface area (Å²) in [5.41, 5.74) is 3.18. The molecule has 0 radical (unpaired) electrons. The molecular weight excluding hydrogens is 457 g/mol. The first-order chi connectivity index (χ1) is 14.9. The lowest BCUT2D eigenvalue weighted by atomic mass is 10.2. The van der Waals surface area contributed by atoms with E-state index in [0.29, 0.717) is 38.1 Å². The van der Waals surface area contributed by atoms with E-state index < -0.39 is 5.91 Å². The number of hydrogen-bond donors (Lipinski definition) is 2. The highest BCUT2D eigenvalue weighted by atomic mass is 35.5. The van der Waals surface area contributed by atoms with Crippen LogP contribution in [0.4, 0.5) is 5.69 Å². The number of thiocarbonyl (C=S) groups is 1. The highest BCUT2D eigenvalue weighted by Gasteiger charge is 2.12. The van der Waals surface area contributed by atoms with Crippen LogP contribution in [0.3, 0.4) is 0 Å². The van der Waals surface area contributed by atoms with Crippen molar-refractivity contribution in [2.75, 3.05) is 12.4 Å². The highest BCUT2D eigenvalue weighted by molar-refractivity contribution is 7.80. The molecule has 0 spiro atoms. The second-order valence-electron chi connectivity index (χ2n) is 6.43. The molecule has 2 N–H and O–H groups in total. The van der Waals surface area contributed by atoms with Crippen molar-refractivity contribution < 1.29 is 9.53 Å². The zero-order chi connectivity index (χ0) is 22.0. The Morgan fingerprint density at radius 3 is 2.45 bits per heavy atom. The van der Waals surface area contributed by atoms with Gasteiger partial charge in [-0.3, -0.25) is 10.1 Å². The maximum Gasteiger partial charge on any atom is 0.257 e. The minimum atomic E-state index is -0.392. The number of rotatable bonds is 4. The Labute approximate surface area is 192 Å². The number of aromatic nitrogens is 3. The molecule has 3 aromatic carbocycles. The number of carbonyl (C=O) groups is 1. The van der Waals surface area contributed by atoms with Gasteiger partial charge in [0, 0.05) is 16.3 Å². The van der Waals surface area contributed by atoms with Gasteiger partial charge in [-0.05, 0) is 72.9 Å². The van der Waals surface area contributed by atoms with Crippen molar-refractivity contribution in [3.63, 3.8) is 0 Å². The third kappa shape index (κ3) is 4.77. The van der Waals surface area contributed by atoms with Gasteiger partial charge in [0.25, 0.3) is 5.91 Å². The van der Waals surface area contributed by atoms with E-state index in [0.717, 1.165) is 5.69 Å². The quantitative estimate of drug-likeness (QED) is 0.413. The average Bonchev–Trinajstić information content (AvgIpc) is 3.17. The van der Waals surface area contributed by atoms with Gasteiger partial charge in [-0.1, -0.05) is 23.2 Å². The topological polar surface area (TPSA) is 81.1 Å². The lowest BCUT2D eigenvalue weighted by Gasteiger charge is -2.10. The molecule has 0 fully saturated rings. The molecule has 1 aromatic heterocycles. The van der Waals surface area contributed by atoms with Crippen LogP contribution >= 0.6 is 35.4 Å². The first-order valence-electron chi connectivity index (χ1n) is 9.02. The number of amides is 1. The van der Waals surface area contributed by atoms with Crippen molar-refractivity contribution in [2.45, 2.75) is 0 Å². The molecule has 0 aliphatic heterocycles. The molecule has 7 nitrogen and oxygen atoms in total. The average molecular weight is 472 g/mol. The van der Waals surface area contributed by atoms with Crippen LogP contribution in [0.15, 0.2) is 60.7 Å². The van der Waals surface area contributed by atoms with Gasteiger partial charge in [0.15, 0.2) is 5.11 Å². The summed E-state index contributed by atoms with van der Waals surface area (Å²) < 4.78 is 5.09. The number of nitrogens with zero attached hydrogens (tertiary/aromatic N) is 3. The fourth-order valence-electron chi connectivity index (χ4n) is 2.83. The summed E-state index contributed by atoms with van der Waals surface area (Å²) in [5, 5.41) is 15.6. The molecule has 156 valence electrons. The summed E-state index contributed by atoms with van der Waals surface area (Å²) in [4.78, 5) is 13.9. The summed E-state index contributed by atoms with van der Waals surface area (Å²) in [6, 6.07) is 17.3. The summed E-state index contributed by atoms with van der Waals surface area (Å²) in [7, 11) is 1.50. The molecule has 10 heteroatoms. The molecular formula is C21H15Cl2N5O2S. The second-order valence-corrected chi connectivity index (χ2v) is 7.68. The lowest BCUT2D eigenvalue weighted by Crippen LogP contribution is -2.34. The van der Waals surface area contributed by atoms with E-state index in [1.807, 2.05) is 18.2 Å². The number of fused-ring (bicyclic) bond motifs is 1. The number of hydrogen-bond acceptors (Lipinski definition) is 5. The molecule has 4 aromatic rings. The molecule has 1 amide bonds. The summed E-state index contributed by atoms with van der Waals surface area (Å²) in [5.74, 6) is 0.0932. The Bertz CT molecular complexity index is 1290. The normalized spacial score (nSPS) is 10.7. The van der Waals surface area contributed by atoms with E-state index in [2.05, 4.69) is 20.8 Å². The Kier molecular flexibility index (Phi) is 6.03. The SMILES string of the molecule is COc1ccc(C(=O)NC(=S)Nc2ccc3nn(-c4ccc(Cl)cc4)nc3c2)cc1Cl. The van der Waals surface area contributed by atoms with Crippen LogP contribution in [0.2, 0.25) is 10.0 Å². The van der Waals surface area contributed by atoms with E-state index in [4.69, 9.17) is 40.2 Å². The summed E-state index contributed by atoms with van der Waals surface area (Å²) >= 11 is 17.3. The van der Waals surface area contributed by atoms with Crippen LogP contribution in [-0.2, 0) is 0 Å². The maximum atomic E-state index is 12.4. The first kappa shape index (κ1) is 21.0. The number of carbonyl (C=O) groups excluding carboxylic acids is 1. The third-order valence-corrected chi connectivity index (χ3v) is 5.09. The van der Waals surface area contributed by atoms with Crippen molar-refractivity contribution in [1.82, 2.24) is 20.3 Å². The molecule has 0 aliphatic rings. The van der Waals surface area contributed by atoms with Crippen molar-refractivity contribution in [1.29, 1.82) is 0 Å². The number of ether oxygens (including phenoxy) is 1. The highest BCUT2D eigenvalue weighted by Crippen LogP contribution is 2.25. The predicted octanol–water partition coefficient (Wildman–Crippen LogP) is 4.86. The van der Waals surface area contributed by atoms with E-state index >= 15 is 0 Å². The molecule has 0 unspecified atom stereocenters. The lowest BCUT2D eigenvalue weighted by molar-refractivity contribution is 0.0977. The molecule has 0 saturated heterocycles. The van der Waals surface area contributed by atoms with E-state index in [-0.39, 0.29) is 5.11 Å². The zero-order valence-electron chi connectivity index (χ0n) is 16.1. The number of benzene rings is 3. The molecule has 31 heavy (non-hydrogen) atoms. The van der Waals surface area contributed by atoms with E-state index in [9.17, 15) is 4.79 Å². The van der Waals surface area contributed by atoms with Gasteiger partial charge < -0.3 is 10.1 Å². The predicted molar refractivity (Wildman–Crippen MR) is 126 cm³/mol. The van der Waals surface area contributed by atoms with Crippen molar-refractivity contribution in [3.8, 4) is 11.4 Å². The van der Waals surface area contributed by atoms with Gasteiger partial charge in [-0.2, -0.15) is 4.80 Å². The van der Waals surface area contributed by atoms with Crippen LogP contribution in [0.1, 0.15) is 10.4 Å². The minimum Gasteiger partial charge on any atom is -0.495 e. The van der Waals surface area contributed by atoms with Gasteiger partial charge in [-0.15, -0.1) is 10.2 Å². The van der Waals surface area contributed by atoms with Gasteiger partial charge in [0.2, 0.25) is 0 Å². The van der Waals surface area contributed by atoms with E-state index in [1.54, 1.807) is 36.4 Å². The Morgan fingerprint density at radius 2 is 1.74 bits per heavy atom. The van der Waals surface area contributed by atoms with Crippen molar-refractivity contribution in [2.24, 2.45) is 0 Å². The Morgan fingerprint density at radius 1 is 1.00 bits per heavy atom. The standard InChI is InChI=1S/C21H15Cl2N5O2S/c1-30-19-9-2-12(10-16(19)23)20(29)25-21(31)24-14-5-8-17-18(11-14)27-28(26-17)15-6-3-13(22)4-7-15/h2-11H,1H3,(H2,24,25,29,31). The number of anilines is 1. The van der Waals surface area contributed by atoms with Gasteiger partial charge in [0.1, 0.15) is 16.8 Å². The maximum absolute atomic E-state index is 12.4. The van der Waals surface area contributed by atoms with Gasteiger partial charge in [-0.25, -0.2) is 0 Å². The zero-order valence-corrected chi connectivity index (χ0v) is 18.4. The fourth-order valence-corrected chi connectivity index (χ4v) is 3.42. The fraction of sp³-hybridized carbons (Fsp3) is 0.0476. The van der Waals surface area contributed by atoms with E-state index in [1.165, 1.54) is 18.0 Å². The van der Waals surface area contributed by atoms with Crippen LogP contribution in [0.25, 0.3) is 16.7 Å². The monoisotopic (exact) mass is 471 g/mol. The minimum absolute atomic E-state index is 0.140. The number of methoxy groups -OCH3 is 1. The smallest absolute Gasteiger partial charge is 0.257 e. The van der Waals surface area contributed by atoms with Crippen LogP contribution in [-0.4, -0.2) is 33.1 Å². The first-order valence-corrected chi connectivity index (χ1v) is 10.2. The molecule has 4 rings (SSSR count). The molecule has 0 bridgehead atoms. The number of nitrogens with one attached hydrogen (secondary N) is 2. The largest absolute Gasteiger partial charge is 0.495 e. The second kappa shape index (κ2) is 8.89. The summed E-state index contributed by atoms with van der Waals surface area (Å²) in [6.07, 6.45) is 0. The molecule has 0 aliphatic carbocycles. The van der Waals surface area contributed by atoms with Crippen molar-refractivity contribution in [3.05, 3.63) is 76.3 Å². The van der Waals surface area contributed by atoms with Crippen LogP contribution < -0.4 is 15.4 Å². The van der Waals surface area contributed by atoms with Crippen LogP contribution in [0.5, 0.6) is 5.75 Å². The Hall–Kier alpha value is -3.20. The Balaban J connectivity index is 1.46. The molecule has 0 atom stereocenters. The van der Waals surface area contributed by atoms with Gasteiger partial charge >= 0.3 is 0 Å². The van der Waals surface area contributed by atoms with Gasteiger partial charge in [0.05, 0.1) is 17.8 Å². The third-order valence-electron chi connectivity index (χ3n) is 4.34. The number of halogens is 2. The molecule has 0 saturated carbocycles.